The number of rotatable bonds is 7. The average molecular weight is 518 g/mol. The van der Waals surface area contributed by atoms with Gasteiger partial charge in [-0.25, -0.2) is 0 Å². The molecule has 0 spiro atoms. The number of aromatic hydroxyl groups is 2. The Morgan fingerprint density at radius 3 is 2.35 bits per heavy atom. The Morgan fingerprint density at radius 1 is 0.973 bits per heavy atom. The van der Waals surface area contributed by atoms with Crippen LogP contribution in [0.5, 0.6) is 17.2 Å². The predicted molar refractivity (Wildman–Crippen MR) is 122 cm³/mol. The number of phenolic OH excluding ortho intramolecular Hbond substituents is 2. The van der Waals surface area contributed by atoms with Crippen molar-refractivity contribution in [2.45, 2.75) is 37.1 Å². The Morgan fingerprint density at radius 2 is 1.68 bits per heavy atom. The van der Waals surface area contributed by atoms with Crippen LogP contribution in [0.3, 0.4) is 0 Å². The van der Waals surface area contributed by atoms with Crippen molar-refractivity contribution in [2.24, 2.45) is 0 Å². The van der Waals surface area contributed by atoms with Crippen LogP contribution >= 0.6 is 0 Å². The van der Waals surface area contributed by atoms with E-state index in [2.05, 4.69) is 0 Å². The first-order chi connectivity index (χ1) is 17.5. The zero-order valence-electron chi connectivity index (χ0n) is 18.9. The van der Waals surface area contributed by atoms with Gasteiger partial charge >= 0.3 is 11.9 Å². The first-order valence-corrected chi connectivity index (χ1v) is 10.9. The van der Waals surface area contributed by atoms with Crippen molar-refractivity contribution in [1.82, 2.24) is 0 Å². The number of hydrogen-bond donors (Lipinski definition) is 6. The van der Waals surface area contributed by atoms with Crippen molar-refractivity contribution in [1.29, 1.82) is 0 Å². The molecule has 5 atom stereocenters. The quantitative estimate of drug-likeness (QED) is 0.181. The van der Waals surface area contributed by atoms with Crippen LogP contribution < -0.4 is 10.2 Å². The molecule has 6 N–H and O–H groups in total. The normalized spacial score (nSPS) is 23.5. The summed E-state index contributed by atoms with van der Waals surface area (Å²) in [7, 11) is 0. The van der Waals surface area contributed by atoms with Gasteiger partial charge in [-0.05, 0) is 23.8 Å². The van der Waals surface area contributed by atoms with E-state index in [9.17, 15) is 39.9 Å². The number of carboxylic acids is 1. The first-order valence-electron chi connectivity index (χ1n) is 10.9. The number of carbonyl (C=O) groups is 2. The Labute approximate surface area is 207 Å². The van der Waals surface area contributed by atoms with E-state index < -0.39 is 66.9 Å². The van der Waals surface area contributed by atoms with Gasteiger partial charge < -0.3 is 49.3 Å². The number of aliphatic hydroxyl groups excluding tert-OH is 3. The van der Waals surface area contributed by atoms with E-state index in [-0.39, 0.29) is 28.0 Å². The molecule has 1 fully saturated rings. The highest BCUT2D eigenvalue weighted by Gasteiger charge is 2.45. The monoisotopic (exact) mass is 518 g/mol. The summed E-state index contributed by atoms with van der Waals surface area (Å²) in [5, 5.41) is 59.2. The van der Waals surface area contributed by atoms with Crippen molar-refractivity contribution in [3.63, 3.8) is 0 Å². The van der Waals surface area contributed by atoms with Crippen molar-refractivity contribution < 1.29 is 58.9 Å². The van der Waals surface area contributed by atoms with Crippen molar-refractivity contribution in [3.8, 4) is 28.4 Å². The van der Waals surface area contributed by atoms with Gasteiger partial charge in [-0.3, -0.25) is 14.4 Å². The van der Waals surface area contributed by atoms with Crippen LogP contribution in [0.15, 0.2) is 51.9 Å². The standard InChI is InChI=1S/C24H22O13/c25-11-3-1-10(2-4-11)13-8-34-15-6-16(14(26)5-12(15)20(13)30)36-24-23(33)22(32)21(31)17(37-24)9-35-19(29)7-18(27)28/h1-6,8,17,21-26,31-33H,7,9H2,(H,27,28)/t17-,21-,22+,23-,24-/m0/s1. The van der Waals surface area contributed by atoms with Gasteiger partial charge in [0, 0.05) is 6.07 Å². The van der Waals surface area contributed by atoms with Gasteiger partial charge in [-0.15, -0.1) is 0 Å². The van der Waals surface area contributed by atoms with Gasteiger partial charge in [-0.1, -0.05) is 12.1 Å². The van der Waals surface area contributed by atoms with E-state index in [1.807, 2.05) is 0 Å². The van der Waals surface area contributed by atoms with Crippen molar-refractivity contribution in [2.75, 3.05) is 6.61 Å². The van der Waals surface area contributed by atoms with E-state index in [0.717, 1.165) is 12.1 Å². The number of ether oxygens (including phenoxy) is 3. The lowest BCUT2D eigenvalue weighted by atomic mass is 9.99. The largest absolute Gasteiger partial charge is 0.508 e. The molecule has 196 valence electrons. The molecule has 0 bridgehead atoms. The summed E-state index contributed by atoms with van der Waals surface area (Å²) in [6.45, 7) is -0.657. The fraction of sp³-hybridized carbons (Fsp3) is 0.292. The highest BCUT2D eigenvalue weighted by molar-refractivity contribution is 5.90. The highest BCUT2D eigenvalue weighted by atomic mass is 16.7. The Bertz CT molecular complexity index is 1360. The molecule has 0 unspecified atom stereocenters. The van der Waals surface area contributed by atoms with Crippen LogP contribution in [0.25, 0.3) is 22.1 Å². The summed E-state index contributed by atoms with van der Waals surface area (Å²) in [5.74, 6) is -3.37. The second kappa shape index (κ2) is 10.4. The molecule has 0 radical (unpaired) electrons. The molecule has 4 rings (SSSR count). The highest BCUT2D eigenvalue weighted by Crippen LogP contribution is 2.34. The number of aliphatic carboxylic acids is 1. The molecule has 1 aromatic heterocycles. The topological polar surface area (TPSA) is 213 Å². The van der Waals surface area contributed by atoms with Crippen LogP contribution in [0, 0.1) is 0 Å². The molecule has 0 saturated carbocycles. The smallest absolute Gasteiger partial charge is 0.317 e. The maximum atomic E-state index is 13.0. The summed E-state index contributed by atoms with van der Waals surface area (Å²) in [4.78, 5) is 35.0. The third-order valence-corrected chi connectivity index (χ3v) is 5.65. The molecule has 1 aliphatic rings. The minimum atomic E-state index is -1.81. The summed E-state index contributed by atoms with van der Waals surface area (Å²) in [6, 6.07) is 8.06. The van der Waals surface area contributed by atoms with E-state index in [1.165, 1.54) is 30.5 Å². The molecule has 0 amide bonds. The molecule has 0 aliphatic carbocycles. The number of esters is 1. The van der Waals surface area contributed by atoms with Gasteiger partial charge in [0.25, 0.3) is 0 Å². The number of benzene rings is 2. The maximum absolute atomic E-state index is 13.0. The Kier molecular flexibility index (Phi) is 7.31. The summed E-state index contributed by atoms with van der Waals surface area (Å²) in [5.41, 5.74) is 0.161. The second-order valence-electron chi connectivity index (χ2n) is 8.23. The lowest BCUT2D eigenvalue weighted by molar-refractivity contribution is -0.278. The van der Waals surface area contributed by atoms with E-state index in [0.29, 0.717) is 5.56 Å². The Hall–Kier alpha value is -4.17. The fourth-order valence-corrected chi connectivity index (χ4v) is 3.71. The van der Waals surface area contributed by atoms with Crippen LogP contribution in [0.2, 0.25) is 0 Å². The maximum Gasteiger partial charge on any atom is 0.317 e. The van der Waals surface area contributed by atoms with Crippen LogP contribution in [0.1, 0.15) is 6.42 Å². The molecular formula is C24H22O13. The minimum Gasteiger partial charge on any atom is -0.508 e. The fourth-order valence-electron chi connectivity index (χ4n) is 3.71. The molecule has 1 saturated heterocycles. The number of fused-ring (bicyclic) bond motifs is 1. The van der Waals surface area contributed by atoms with Gasteiger partial charge in [-0.2, -0.15) is 0 Å². The van der Waals surface area contributed by atoms with Crippen molar-refractivity contribution in [3.05, 3.63) is 52.9 Å². The molecule has 3 aromatic rings. The number of aliphatic hydroxyl groups is 3. The van der Waals surface area contributed by atoms with Crippen molar-refractivity contribution >= 4 is 22.9 Å². The molecule has 13 heteroatoms. The molecule has 13 nitrogen and oxygen atoms in total. The zero-order chi connectivity index (χ0) is 26.9. The molecule has 37 heavy (non-hydrogen) atoms. The number of carboxylic acid groups (broad SMARTS) is 1. The average Bonchev–Trinajstić information content (AvgIpc) is 2.85. The van der Waals surface area contributed by atoms with Crippen LogP contribution in [-0.2, 0) is 19.1 Å². The minimum absolute atomic E-state index is 0.000729. The Balaban J connectivity index is 1.56. The third-order valence-electron chi connectivity index (χ3n) is 5.65. The number of carbonyl (C=O) groups excluding carboxylic acids is 1. The van der Waals surface area contributed by atoms with E-state index in [1.54, 1.807) is 0 Å². The SMILES string of the molecule is O=C(O)CC(=O)OC[C@@H]1O[C@H](Oc2cc3occ(-c4ccc(O)cc4)c(=O)c3cc2O)[C@@H](O)[C@H](O)[C@H]1O. The lowest BCUT2D eigenvalue weighted by Gasteiger charge is -2.39. The van der Waals surface area contributed by atoms with Gasteiger partial charge in [0.2, 0.25) is 11.7 Å². The van der Waals surface area contributed by atoms with Gasteiger partial charge in [0.05, 0.1) is 10.9 Å². The van der Waals surface area contributed by atoms with Crippen LogP contribution in [-0.4, -0.2) is 79.9 Å². The van der Waals surface area contributed by atoms with E-state index >= 15 is 0 Å². The van der Waals surface area contributed by atoms with Gasteiger partial charge in [0.1, 0.15) is 55.0 Å². The second-order valence-corrected chi connectivity index (χ2v) is 8.23. The van der Waals surface area contributed by atoms with Crippen LogP contribution in [0.4, 0.5) is 0 Å². The molecular weight excluding hydrogens is 496 g/mol. The van der Waals surface area contributed by atoms with E-state index in [4.69, 9.17) is 23.7 Å². The first kappa shape index (κ1) is 25.9. The molecule has 2 heterocycles. The third kappa shape index (κ3) is 5.49. The zero-order valence-corrected chi connectivity index (χ0v) is 18.9. The predicted octanol–water partition coefficient (Wildman–Crippen LogP) is 0.0755. The summed E-state index contributed by atoms with van der Waals surface area (Å²) < 4.78 is 21.1. The van der Waals surface area contributed by atoms with Gasteiger partial charge in [0.15, 0.2) is 11.5 Å². The summed E-state index contributed by atoms with van der Waals surface area (Å²) >= 11 is 0. The molecule has 1 aliphatic heterocycles. The lowest BCUT2D eigenvalue weighted by Crippen LogP contribution is -2.60. The summed E-state index contributed by atoms with van der Waals surface area (Å²) in [6.07, 6.45) is -8.16. The number of phenols is 2. The molecule has 2 aromatic carbocycles. The number of hydrogen-bond acceptors (Lipinski definition) is 12.